The second kappa shape index (κ2) is 8.05. The number of carbonyl (C=O) groups excluding carboxylic acids is 2. The topological polar surface area (TPSA) is 99.8 Å². The number of H-pyrrole nitrogens is 1. The maximum atomic E-state index is 12.0. The molecule has 3 N–H and O–H groups in total. The first-order valence-electron chi connectivity index (χ1n) is 8.25. The fraction of sp³-hybridized carbons (Fsp3) is 0.500. The molecule has 2 heterocycles. The number of carbonyl (C=O) groups is 2. The van der Waals surface area contributed by atoms with Crippen molar-refractivity contribution >= 4 is 46.5 Å². The smallest absolute Gasteiger partial charge is 0.321 e. The van der Waals surface area contributed by atoms with Gasteiger partial charge in [0, 0.05) is 12.2 Å². The summed E-state index contributed by atoms with van der Waals surface area (Å²) in [5.41, 5.74) is 1.25. The number of urea groups is 1. The number of halogens is 1. The molecule has 0 radical (unpaired) electrons. The van der Waals surface area contributed by atoms with E-state index in [0.29, 0.717) is 27.3 Å². The summed E-state index contributed by atoms with van der Waals surface area (Å²) in [7, 11) is 0. The van der Waals surface area contributed by atoms with Crippen molar-refractivity contribution < 1.29 is 9.59 Å². The summed E-state index contributed by atoms with van der Waals surface area (Å²) in [6.45, 7) is 2.13. The number of rotatable bonds is 4. The Morgan fingerprint density at radius 3 is 3.00 bits per heavy atom. The number of aromatic amines is 1. The van der Waals surface area contributed by atoms with Crippen molar-refractivity contribution in [2.45, 2.75) is 43.8 Å². The van der Waals surface area contributed by atoms with E-state index in [1.54, 1.807) is 6.07 Å². The fourth-order valence-electron chi connectivity index (χ4n) is 2.95. The third-order valence-electron chi connectivity index (χ3n) is 4.30. The van der Waals surface area contributed by atoms with Gasteiger partial charge in [-0.3, -0.25) is 10.1 Å². The van der Waals surface area contributed by atoms with Crippen LogP contribution in [0.1, 0.15) is 32.6 Å². The molecular formula is C16H20ClN5O2S. The zero-order valence-corrected chi connectivity index (χ0v) is 15.4. The number of nitrogens with zero attached hydrogens (tertiary/aromatic N) is 2. The predicted molar refractivity (Wildman–Crippen MR) is 97.7 cm³/mol. The average Bonchev–Trinajstić information content (AvgIpc) is 2.97. The molecule has 0 aromatic carbocycles. The van der Waals surface area contributed by atoms with Gasteiger partial charge >= 0.3 is 6.03 Å². The largest absolute Gasteiger partial charge is 0.335 e. The summed E-state index contributed by atoms with van der Waals surface area (Å²) in [5.74, 6) is 0.164. The number of pyridine rings is 1. The van der Waals surface area contributed by atoms with Crippen molar-refractivity contribution in [2.75, 3.05) is 5.75 Å². The second-order valence-corrected chi connectivity index (χ2v) is 7.65. The van der Waals surface area contributed by atoms with Crippen LogP contribution in [-0.2, 0) is 4.79 Å². The normalized spacial score (nSPS) is 20.4. The van der Waals surface area contributed by atoms with Crippen LogP contribution in [0.25, 0.3) is 11.2 Å². The van der Waals surface area contributed by atoms with Crippen LogP contribution in [-0.4, -0.2) is 38.7 Å². The van der Waals surface area contributed by atoms with Gasteiger partial charge in [0.05, 0.1) is 16.3 Å². The van der Waals surface area contributed by atoms with E-state index in [-0.39, 0.29) is 17.7 Å². The minimum absolute atomic E-state index is 0.0845. The van der Waals surface area contributed by atoms with Crippen LogP contribution >= 0.6 is 23.4 Å². The number of thioether (sulfide) groups is 1. The van der Waals surface area contributed by atoms with Gasteiger partial charge in [-0.1, -0.05) is 43.1 Å². The lowest BCUT2D eigenvalue weighted by Crippen LogP contribution is -2.48. The number of aromatic nitrogens is 3. The third-order valence-corrected chi connectivity index (χ3v) is 5.38. The molecule has 1 fully saturated rings. The maximum Gasteiger partial charge on any atom is 0.321 e. The third kappa shape index (κ3) is 4.85. The van der Waals surface area contributed by atoms with Crippen molar-refractivity contribution in [3.8, 4) is 0 Å². The van der Waals surface area contributed by atoms with E-state index in [1.807, 2.05) is 0 Å². The van der Waals surface area contributed by atoms with Crippen molar-refractivity contribution in [1.29, 1.82) is 0 Å². The first-order valence-corrected chi connectivity index (χ1v) is 9.62. The highest BCUT2D eigenvalue weighted by Gasteiger charge is 2.23. The molecule has 0 saturated heterocycles. The fourth-order valence-corrected chi connectivity index (χ4v) is 3.78. The summed E-state index contributed by atoms with van der Waals surface area (Å²) in [6.07, 6.45) is 5.91. The van der Waals surface area contributed by atoms with Crippen LogP contribution in [0.2, 0.25) is 5.02 Å². The van der Waals surface area contributed by atoms with E-state index in [0.717, 1.165) is 19.3 Å². The molecule has 0 unspecified atom stereocenters. The highest BCUT2D eigenvalue weighted by atomic mass is 35.5. The number of fused-ring (bicyclic) bond motifs is 1. The molecule has 0 aliphatic heterocycles. The SMILES string of the molecule is C[C@H]1CCCC[C@H]1NC(=O)NC(=O)CSc1nc2ncc(Cl)cc2[nH]1. The molecular weight excluding hydrogens is 362 g/mol. The van der Waals surface area contributed by atoms with Gasteiger partial charge in [0.15, 0.2) is 10.8 Å². The van der Waals surface area contributed by atoms with Crippen LogP contribution in [0.15, 0.2) is 17.4 Å². The average molecular weight is 382 g/mol. The Labute approximate surface area is 154 Å². The zero-order valence-electron chi connectivity index (χ0n) is 13.8. The van der Waals surface area contributed by atoms with Gasteiger partial charge < -0.3 is 10.3 Å². The molecule has 134 valence electrons. The lowest BCUT2D eigenvalue weighted by Gasteiger charge is -2.29. The Morgan fingerprint density at radius 1 is 1.40 bits per heavy atom. The molecule has 3 rings (SSSR count). The Balaban J connectivity index is 1.47. The van der Waals surface area contributed by atoms with E-state index in [4.69, 9.17) is 11.6 Å². The van der Waals surface area contributed by atoms with E-state index >= 15 is 0 Å². The summed E-state index contributed by atoms with van der Waals surface area (Å²) in [4.78, 5) is 35.3. The van der Waals surface area contributed by atoms with Crippen molar-refractivity contribution in [1.82, 2.24) is 25.6 Å². The first kappa shape index (κ1) is 18.0. The minimum Gasteiger partial charge on any atom is -0.335 e. The molecule has 2 aromatic rings. The molecule has 0 spiro atoms. The number of imide groups is 1. The Kier molecular flexibility index (Phi) is 5.80. The lowest BCUT2D eigenvalue weighted by molar-refractivity contribution is -0.117. The van der Waals surface area contributed by atoms with Gasteiger partial charge in [-0.25, -0.2) is 14.8 Å². The molecule has 1 aliphatic rings. The van der Waals surface area contributed by atoms with Crippen LogP contribution in [0, 0.1) is 5.92 Å². The summed E-state index contributed by atoms with van der Waals surface area (Å²) in [6, 6.07) is 1.43. The van der Waals surface area contributed by atoms with E-state index in [2.05, 4.69) is 32.5 Å². The van der Waals surface area contributed by atoms with Gasteiger partial charge in [0.1, 0.15) is 0 Å². The Hall–Kier alpha value is -1.80. The zero-order chi connectivity index (χ0) is 17.8. The van der Waals surface area contributed by atoms with Gasteiger partial charge in [0.2, 0.25) is 5.91 Å². The molecule has 7 nitrogen and oxygen atoms in total. The first-order chi connectivity index (χ1) is 12.0. The van der Waals surface area contributed by atoms with Gasteiger partial charge in [-0.15, -0.1) is 0 Å². The number of amides is 3. The number of hydrogen-bond acceptors (Lipinski definition) is 5. The predicted octanol–water partition coefficient (Wildman–Crippen LogP) is 3.11. The van der Waals surface area contributed by atoms with E-state index in [1.165, 1.54) is 24.4 Å². The highest BCUT2D eigenvalue weighted by molar-refractivity contribution is 7.99. The number of nitrogens with one attached hydrogen (secondary N) is 3. The second-order valence-electron chi connectivity index (χ2n) is 6.25. The summed E-state index contributed by atoms with van der Waals surface area (Å²) < 4.78 is 0. The van der Waals surface area contributed by atoms with Gasteiger partial charge in [-0.2, -0.15) is 0 Å². The molecule has 3 amide bonds. The molecule has 2 atom stereocenters. The van der Waals surface area contributed by atoms with Crippen LogP contribution in [0.4, 0.5) is 4.79 Å². The van der Waals surface area contributed by atoms with Crippen molar-refractivity contribution in [2.24, 2.45) is 5.92 Å². The van der Waals surface area contributed by atoms with Gasteiger partial charge in [-0.05, 0) is 24.8 Å². The summed E-state index contributed by atoms with van der Waals surface area (Å²) >= 11 is 7.08. The van der Waals surface area contributed by atoms with E-state index < -0.39 is 6.03 Å². The molecule has 1 aliphatic carbocycles. The van der Waals surface area contributed by atoms with E-state index in [9.17, 15) is 9.59 Å². The highest BCUT2D eigenvalue weighted by Crippen LogP contribution is 2.23. The molecule has 25 heavy (non-hydrogen) atoms. The Morgan fingerprint density at radius 2 is 2.20 bits per heavy atom. The van der Waals surface area contributed by atoms with Crippen LogP contribution in [0.5, 0.6) is 0 Å². The standard InChI is InChI=1S/C16H20ClN5O2S/c1-9-4-2-3-5-11(9)19-15(24)21-13(23)8-25-16-20-12-6-10(17)7-18-14(12)22-16/h6-7,9,11H,2-5,8H2,1H3,(H,18,20,22)(H2,19,21,23,24)/t9-,11+/m0/s1. The summed E-state index contributed by atoms with van der Waals surface area (Å²) in [5, 5.41) is 6.34. The van der Waals surface area contributed by atoms with Crippen molar-refractivity contribution in [3.63, 3.8) is 0 Å². The molecule has 2 aromatic heterocycles. The van der Waals surface area contributed by atoms with Gasteiger partial charge in [0.25, 0.3) is 0 Å². The lowest BCUT2D eigenvalue weighted by atomic mass is 9.86. The number of hydrogen-bond donors (Lipinski definition) is 3. The minimum atomic E-state index is -0.428. The molecule has 9 heteroatoms. The molecule has 1 saturated carbocycles. The van der Waals surface area contributed by atoms with Crippen LogP contribution < -0.4 is 10.6 Å². The van der Waals surface area contributed by atoms with Crippen LogP contribution in [0.3, 0.4) is 0 Å². The monoisotopic (exact) mass is 381 g/mol. The molecule has 0 bridgehead atoms. The number of imidazole rings is 1. The quantitative estimate of drug-likeness (QED) is 0.706. The van der Waals surface area contributed by atoms with Crippen molar-refractivity contribution in [3.05, 3.63) is 17.3 Å². The maximum absolute atomic E-state index is 12.0. The Bertz CT molecular complexity index is 781.